The average Bonchev–Trinajstić information content (AvgIpc) is 2.69. The molecule has 27 heavy (non-hydrogen) atoms. The molecule has 0 bridgehead atoms. The van der Waals surface area contributed by atoms with Gasteiger partial charge in [0.1, 0.15) is 18.1 Å². The number of nitrogens with one attached hydrogen (secondary N) is 1. The van der Waals surface area contributed by atoms with Gasteiger partial charge in [0.15, 0.2) is 0 Å². The first-order valence-corrected chi connectivity index (χ1v) is 10.1. The maximum absolute atomic E-state index is 13.0. The molecule has 0 aromatic heterocycles. The second kappa shape index (κ2) is 8.16. The average molecular weight is 393 g/mol. The fourth-order valence-electron chi connectivity index (χ4n) is 3.10. The Bertz CT molecular complexity index is 908. The number of carbonyl (C=O) groups excluding carboxylic acids is 1. The van der Waals surface area contributed by atoms with Gasteiger partial charge < -0.3 is 9.64 Å². The maximum Gasteiger partial charge on any atom is 0.243 e. The van der Waals surface area contributed by atoms with Crippen LogP contribution in [0.25, 0.3) is 0 Å². The number of methoxy groups -OCH3 is 1. The number of hydrogen-bond donors (Lipinski definition) is 1. The summed E-state index contributed by atoms with van der Waals surface area (Å²) in [7, 11) is -2.09. The molecule has 0 aliphatic carbocycles. The molecule has 2 aromatic carbocycles. The number of ether oxygens (including phenoxy) is 1. The van der Waals surface area contributed by atoms with Gasteiger partial charge in [-0.15, -0.1) is 0 Å². The van der Waals surface area contributed by atoms with Crippen molar-refractivity contribution in [3.05, 3.63) is 59.9 Å². The molecule has 3 rings (SSSR count). The van der Waals surface area contributed by atoms with Crippen molar-refractivity contribution in [2.45, 2.75) is 4.90 Å². The van der Waals surface area contributed by atoms with Gasteiger partial charge in [-0.2, -0.15) is 4.31 Å². The number of ketones is 1. The molecule has 1 N–H and O–H groups in total. The summed E-state index contributed by atoms with van der Waals surface area (Å²) in [5.41, 5.74) is 0.586. The summed E-state index contributed by atoms with van der Waals surface area (Å²) in [4.78, 5) is 13.6. The minimum absolute atomic E-state index is 0.00117. The number of halogens is 1. The lowest BCUT2D eigenvalue weighted by Gasteiger charge is -2.31. The zero-order chi connectivity index (χ0) is 19.4. The smallest absolute Gasteiger partial charge is 0.243 e. The highest BCUT2D eigenvalue weighted by Gasteiger charge is 2.31. The van der Waals surface area contributed by atoms with E-state index in [4.69, 9.17) is 4.74 Å². The number of Topliss-reactive ketones (excluding diaryl/α,β-unsaturated/α-hetero) is 1. The number of carbonyl (C=O) groups is 1. The van der Waals surface area contributed by atoms with E-state index in [1.807, 2.05) is 0 Å². The number of rotatable bonds is 6. The Morgan fingerprint density at radius 3 is 2.44 bits per heavy atom. The van der Waals surface area contributed by atoms with Crippen LogP contribution in [0.15, 0.2) is 53.4 Å². The van der Waals surface area contributed by atoms with Crippen molar-refractivity contribution < 1.29 is 27.2 Å². The normalized spacial score (nSPS) is 16.2. The van der Waals surface area contributed by atoms with Crippen LogP contribution in [0.1, 0.15) is 10.4 Å². The number of quaternary nitrogens is 1. The topological polar surface area (TPSA) is 68.1 Å². The largest absolute Gasteiger partial charge is 0.497 e. The molecule has 0 unspecified atom stereocenters. The molecule has 0 atom stereocenters. The molecule has 1 aliphatic rings. The molecule has 0 radical (unpaired) electrons. The molecule has 2 aromatic rings. The van der Waals surface area contributed by atoms with Crippen LogP contribution in [0.4, 0.5) is 4.39 Å². The van der Waals surface area contributed by atoms with Crippen molar-refractivity contribution in [3.8, 4) is 5.75 Å². The molecule has 8 heteroatoms. The molecule has 1 aliphatic heterocycles. The zero-order valence-corrected chi connectivity index (χ0v) is 15.8. The summed E-state index contributed by atoms with van der Waals surface area (Å²) in [5, 5.41) is 0. The summed E-state index contributed by atoms with van der Waals surface area (Å²) >= 11 is 0. The fourth-order valence-corrected chi connectivity index (χ4v) is 4.54. The lowest BCUT2D eigenvalue weighted by Crippen LogP contribution is -3.15. The van der Waals surface area contributed by atoms with Crippen LogP contribution in [-0.4, -0.2) is 58.3 Å². The molecular formula is C19H22FN2O4S+. The SMILES string of the molecule is COc1cccc(C(=O)C[NH+]2CCN(S(=O)(=O)c3ccc(F)cc3)CC2)c1. The number of benzene rings is 2. The molecule has 1 fully saturated rings. The molecule has 144 valence electrons. The summed E-state index contributed by atoms with van der Waals surface area (Å²) in [6.45, 7) is 2.02. The van der Waals surface area contributed by atoms with Gasteiger partial charge in [-0.3, -0.25) is 4.79 Å². The number of sulfonamides is 1. The minimum Gasteiger partial charge on any atom is -0.497 e. The molecule has 1 saturated heterocycles. The van der Waals surface area contributed by atoms with Gasteiger partial charge in [0.25, 0.3) is 0 Å². The Morgan fingerprint density at radius 1 is 1.15 bits per heavy atom. The second-order valence-electron chi connectivity index (χ2n) is 6.44. The number of piperazine rings is 1. The van der Waals surface area contributed by atoms with Crippen LogP contribution in [-0.2, 0) is 10.0 Å². The van der Waals surface area contributed by atoms with Gasteiger partial charge in [-0.05, 0) is 36.4 Å². The first-order chi connectivity index (χ1) is 12.9. The predicted octanol–water partition coefficient (Wildman–Crippen LogP) is 0.606. The number of hydrogen-bond acceptors (Lipinski definition) is 4. The van der Waals surface area contributed by atoms with E-state index < -0.39 is 15.8 Å². The van der Waals surface area contributed by atoms with Crippen LogP contribution in [0, 0.1) is 5.82 Å². The van der Waals surface area contributed by atoms with E-state index >= 15 is 0 Å². The zero-order valence-electron chi connectivity index (χ0n) is 15.0. The van der Waals surface area contributed by atoms with Crippen molar-refractivity contribution >= 4 is 15.8 Å². The summed E-state index contributed by atoms with van der Waals surface area (Å²) in [5.74, 6) is 0.157. The van der Waals surface area contributed by atoms with Crippen molar-refractivity contribution in [2.24, 2.45) is 0 Å². The van der Waals surface area contributed by atoms with E-state index in [0.717, 1.165) is 17.0 Å². The molecule has 1 heterocycles. The number of nitrogens with zero attached hydrogens (tertiary/aromatic N) is 1. The van der Waals surface area contributed by atoms with Gasteiger partial charge in [0, 0.05) is 5.56 Å². The first kappa shape index (κ1) is 19.5. The summed E-state index contributed by atoms with van der Waals surface area (Å²) < 4.78 is 44.8. The van der Waals surface area contributed by atoms with E-state index in [-0.39, 0.29) is 10.7 Å². The molecule has 0 amide bonds. The first-order valence-electron chi connectivity index (χ1n) is 8.66. The quantitative estimate of drug-likeness (QED) is 0.730. The maximum atomic E-state index is 13.0. The van der Waals surface area contributed by atoms with Gasteiger partial charge in [0.2, 0.25) is 15.8 Å². The second-order valence-corrected chi connectivity index (χ2v) is 8.38. The van der Waals surface area contributed by atoms with E-state index in [1.165, 1.54) is 16.4 Å². The van der Waals surface area contributed by atoms with Gasteiger partial charge in [-0.25, -0.2) is 12.8 Å². The Morgan fingerprint density at radius 2 is 1.81 bits per heavy atom. The third kappa shape index (κ3) is 4.52. The van der Waals surface area contributed by atoms with Gasteiger partial charge in [0.05, 0.1) is 38.2 Å². The van der Waals surface area contributed by atoms with E-state index in [1.54, 1.807) is 31.4 Å². The van der Waals surface area contributed by atoms with Crippen LogP contribution >= 0.6 is 0 Å². The lowest BCUT2D eigenvalue weighted by molar-refractivity contribution is -0.895. The van der Waals surface area contributed by atoms with Crippen molar-refractivity contribution in [1.29, 1.82) is 0 Å². The predicted molar refractivity (Wildman–Crippen MR) is 98.0 cm³/mol. The van der Waals surface area contributed by atoms with Crippen molar-refractivity contribution in [1.82, 2.24) is 4.31 Å². The van der Waals surface area contributed by atoms with Crippen molar-refractivity contribution in [3.63, 3.8) is 0 Å². The third-order valence-corrected chi connectivity index (χ3v) is 6.60. The summed E-state index contributed by atoms with van der Waals surface area (Å²) in [6.07, 6.45) is 0. The van der Waals surface area contributed by atoms with E-state index in [0.29, 0.717) is 44.0 Å². The van der Waals surface area contributed by atoms with Crippen LogP contribution < -0.4 is 9.64 Å². The van der Waals surface area contributed by atoms with Crippen molar-refractivity contribution in [2.75, 3.05) is 39.8 Å². The Labute approximate surface area is 158 Å². The third-order valence-electron chi connectivity index (χ3n) is 4.68. The monoisotopic (exact) mass is 393 g/mol. The molecule has 0 saturated carbocycles. The minimum atomic E-state index is -3.64. The molecule has 6 nitrogen and oxygen atoms in total. The summed E-state index contributed by atoms with van der Waals surface area (Å²) in [6, 6.07) is 11.8. The highest BCUT2D eigenvalue weighted by atomic mass is 32.2. The molecule has 0 spiro atoms. The fraction of sp³-hybridized carbons (Fsp3) is 0.316. The van der Waals surface area contributed by atoms with Crippen LogP contribution in [0.2, 0.25) is 0 Å². The highest BCUT2D eigenvalue weighted by molar-refractivity contribution is 7.89. The lowest BCUT2D eigenvalue weighted by atomic mass is 10.1. The van der Waals surface area contributed by atoms with Gasteiger partial charge >= 0.3 is 0 Å². The van der Waals surface area contributed by atoms with Crippen LogP contribution in [0.3, 0.4) is 0 Å². The van der Waals surface area contributed by atoms with E-state index in [9.17, 15) is 17.6 Å². The Kier molecular flexibility index (Phi) is 5.88. The Balaban J connectivity index is 1.60. The van der Waals surface area contributed by atoms with E-state index in [2.05, 4.69) is 0 Å². The highest BCUT2D eigenvalue weighted by Crippen LogP contribution is 2.16. The molecular weight excluding hydrogens is 371 g/mol. The standard InChI is InChI=1S/C19H21FN2O4S/c1-26-17-4-2-3-15(13-17)19(23)14-21-9-11-22(12-10-21)27(24,25)18-7-5-16(20)6-8-18/h2-8,13H,9-12,14H2,1H3/p+1. The van der Waals surface area contributed by atoms with Gasteiger partial charge in [-0.1, -0.05) is 12.1 Å². The van der Waals surface area contributed by atoms with Crippen LogP contribution in [0.5, 0.6) is 5.75 Å². The Hall–Kier alpha value is -2.29.